The molecule has 0 atom stereocenters. The summed E-state index contributed by atoms with van der Waals surface area (Å²) in [4.78, 5) is 30.3. The molecule has 0 saturated heterocycles. The van der Waals surface area contributed by atoms with E-state index < -0.39 is 17.1 Å². The second-order valence-electron chi connectivity index (χ2n) is 4.90. The average molecular weight is 378 g/mol. The number of aromatic nitrogens is 4. The van der Waals surface area contributed by atoms with Crippen molar-refractivity contribution in [2.75, 3.05) is 0 Å². The molecule has 2 heterocycles. The maximum Gasteiger partial charge on any atom is 0.335 e. The van der Waals surface area contributed by atoms with Crippen LogP contribution in [0, 0.1) is 0 Å². The van der Waals surface area contributed by atoms with Crippen LogP contribution in [0.15, 0.2) is 38.8 Å². The Morgan fingerprint density at radius 3 is 2.68 bits per heavy atom. The van der Waals surface area contributed by atoms with Crippen molar-refractivity contribution in [2.45, 2.75) is 13.3 Å². The molecule has 0 aliphatic carbocycles. The van der Waals surface area contributed by atoms with Gasteiger partial charge in [-0.25, -0.2) is 14.4 Å². The highest BCUT2D eigenvalue weighted by molar-refractivity contribution is 7.14. The molecule has 0 amide bonds. The number of rotatable bonds is 4. The van der Waals surface area contributed by atoms with Crippen LogP contribution in [0.4, 0.5) is 5.13 Å². The van der Waals surface area contributed by atoms with Gasteiger partial charge in [-0.1, -0.05) is 29.9 Å². The second kappa shape index (κ2) is 6.99. The molecule has 10 heteroatoms. The summed E-state index contributed by atoms with van der Waals surface area (Å²) in [6.45, 7) is 1.94. The van der Waals surface area contributed by atoms with Crippen molar-refractivity contribution in [3.05, 3.63) is 60.7 Å². The van der Waals surface area contributed by atoms with E-state index in [2.05, 4.69) is 20.2 Å². The zero-order valence-corrected chi connectivity index (χ0v) is 14.5. The van der Waals surface area contributed by atoms with E-state index in [1.807, 2.05) is 6.92 Å². The number of hydrogen-bond acceptors (Lipinski definition) is 7. The first-order valence-electron chi connectivity index (χ1n) is 7.20. The summed E-state index contributed by atoms with van der Waals surface area (Å²) in [7, 11) is 0. The third-order valence-electron chi connectivity index (χ3n) is 3.27. The fourth-order valence-corrected chi connectivity index (χ4v) is 2.79. The Bertz CT molecular complexity index is 1050. The van der Waals surface area contributed by atoms with Gasteiger partial charge in [-0.15, -0.1) is 10.2 Å². The molecular formula is C15H12ClN5O3S. The molecule has 0 spiro atoms. The molecule has 25 heavy (non-hydrogen) atoms. The molecule has 3 rings (SSSR count). The molecular weight excluding hydrogens is 366 g/mol. The van der Waals surface area contributed by atoms with E-state index in [-0.39, 0.29) is 5.56 Å². The Hall–Kier alpha value is -2.78. The first-order valence-corrected chi connectivity index (χ1v) is 8.39. The van der Waals surface area contributed by atoms with Crippen molar-refractivity contribution in [3.8, 4) is 11.6 Å². The molecule has 128 valence electrons. The standard InChI is InChI=1S/C15H12ClN5O3S/c1-2-11-19-20-14(25-11)17-7-10-12(22)18-15(24)21(13(10)23)9-5-3-8(16)4-6-9/h3-7,23H,2H2,1H3,(H,18,22,24)/b17-7-. The summed E-state index contributed by atoms with van der Waals surface area (Å²) in [5.74, 6) is -0.528. The number of nitrogens with one attached hydrogen (secondary N) is 1. The Kier molecular flexibility index (Phi) is 4.77. The normalized spacial score (nSPS) is 11.3. The lowest BCUT2D eigenvalue weighted by atomic mass is 10.3. The first kappa shape index (κ1) is 17.1. The molecule has 0 fully saturated rings. The Balaban J connectivity index is 2.08. The molecule has 1 aromatic carbocycles. The van der Waals surface area contributed by atoms with Crippen LogP contribution in [0.1, 0.15) is 17.5 Å². The van der Waals surface area contributed by atoms with Gasteiger partial charge in [0.15, 0.2) is 0 Å². The van der Waals surface area contributed by atoms with Gasteiger partial charge in [0.25, 0.3) is 5.56 Å². The molecule has 0 aliphatic heterocycles. The van der Waals surface area contributed by atoms with Crippen molar-refractivity contribution >= 4 is 34.3 Å². The van der Waals surface area contributed by atoms with Crippen molar-refractivity contribution in [2.24, 2.45) is 4.99 Å². The highest BCUT2D eigenvalue weighted by atomic mass is 35.5. The smallest absolute Gasteiger partial charge is 0.335 e. The summed E-state index contributed by atoms with van der Waals surface area (Å²) in [6.07, 6.45) is 1.88. The molecule has 0 radical (unpaired) electrons. The lowest BCUT2D eigenvalue weighted by Crippen LogP contribution is -2.31. The van der Waals surface area contributed by atoms with Gasteiger partial charge in [0.1, 0.15) is 10.6 Å². The van der Waals surface area contributed by atoms with Crippen LogP contribution in [0.3, 0.4) is 0 Å². The van der Waals surface area contributed by atoms with E-state index in [0.717, 1.165) is 22.2 Å². The van der Waals surface area contributed by atoms with Crippen molar-refractivity contribution < 1.29 is 5.11 Å². The predicted octanol–water partition coefficient (Wildman–Crippen LogP) is 2.05. The Morgan fingerprint density at radius 2 is 2.04 bits per heavy atom. The fourth-order valence-electron chi connectivity index (χ4n) is 2.04. The summed E-state index contributed by atoms with van der Waals surface area (Å²) in [5.41, 5.74) is -1.34. The van der Waals surface area contributed by atoms with Gasteiger partial charge in [-0.2, -0.15) is 0 Å². The molecule has 0 saturated carbocycles. The number of hydrogen-bond donors (Lipinski definition) is 2. The number of halogens is 1. The summed E-state index contributed by atoms with van der Waals surface area (Å²) < 4.78 is 0.955. The van der Waals surface area contributed by atoms with Gasteiger partial charge in [-0.05, 0) is 30.7 Å². The van der Waals surface area contributed by atoms with Crippen LogP contribution < -0.4 is 11.2 Å². The topological polar surface area (TPSA) is 113 Å². The molecule has 0 aliphatic rings. The Labute approximate surface area is 150 Å². The number of benzene rings is 1. The lowest BCUT2D eigenvalue weighted by molar-refractivity contribution is 0.430. The highest BCUT2D eigenvalue weighted by Crippen LogP contribution is 2.20. The zero-order valence-electron chi connectivity index (χ0n) is 12.9. The maximum absolute atomic E-state index is 12.1. The van der Waals surface area contributed by atoms with Crippen LogP contribution >= 0.6 is 22.9 Å². The highest BCUT2D eigenvalue weighted by Gasteiger charge is 2.14. The number of aliphatic imine (C=N–C) groups is 1. The van der Waals surface area contributed by atoms with Crippen LogP contribution in [-0.4, -0.2) is 31.1 Å². The third-order valence-corrected chi connectivity index (χ3v) is 4.50. The molecule has 2 N–H and O–H groups in total. The number of H-pyrrole nitrogens is 1. The van der Waals surface area contributed by atoms with Crippen molar-refractivity contribution in [3.63, 3.8) is 0 Å². The van der Waals surface area contributed by atoms with Crippen LogP contribution in [0.5, 0.6) is 5.88 Å². The molecule has 0 bridgehead atoms. The maximum atomic E-state index is 12.1. The van der Waals surface area contributed by atoms with Gasteiger partial charge in [0.2, 0.25) is 11.0 Å². The minimum atomic E-state index is -0.772. The molecule has 8 nitrogen and oxygen atoms in total. The summed E-state index contributed by atoms with van der Waals surface area (Å²) >= 11 is 7.10. The zero-order chi connectivity index (χ0) is 18.0. The predicted molar refractivity (Wildman–Crippen MR) is 95.9 cm³/mol. The quantitative estimate of drug-likeness (QED) is 0.675. The minimum Gasteiger partial charge on any atom is -0.493 e. The molecule has 2 aromatic heterocycles. The van der Waals surface area contributed by atoms with Gasteiger partial charge < -0.3 is 5.11 Å². The lowest BCUT2D eigenvalue weighted by Gasteiger charge is -2.09. The van der Waals surface area contributed by atoms with Crippen molar-refractivity contribution in [1.29, 1.82) is 0 Å². The van der Waals surface area contributed by atoms with Gasteiger partial charge in [-0.3, -0.25) is 9.78 Å². The van der Waals surface area contributed by atoms with Crippen LogP contribution in [0.25, 0.3) is 5.69 Å². The fraction of sp³-hybridized carbons (Fsp3) is 0.133. The van der Waals surface area contributed by atoms with E-state index in [9.17, 15) is 14.7 Å². The van der Waals surface area contributed by atoms with Crippen molar-refractivity contribution in [1.82, 2.24) is 19.7 Å². The Morgan fingerprint density at radius 1 is 1.32 bits per heavy atom. The third kappa shape index (κ3) is 3.52. The van der Waals surface area contributed by atoms with Gasteiger partial charge in [0, 0.05) is 11.2 Å². The minimum absolute atomic E-state index is 0.164. The number of aromatic amines is 1. The SMILES string of the molecule is CCc1nnc(/N=C\c2c(O)n(-c3ccc(Cl)cc3)c(=O)[nH]c2=O)s1. The summed E-state index contributed by atoms with van der Waals surface area (Å²) in [6, 6.07) is 6.21. The van der Waals surface area contributed by atoms with E-state index >= 15 is 0 Å². The number of nitrogens with zero attached hydrogens (tertiary/aromatic N) is 4. The van der Waals surface area contributed by atoms with Gasteiger partial charge in [0.05, 0.1) is 5.69 Å². The molecule has 3 aromatic rings. The number of aryl methyl sites for hydroxylation is 1. The van der Waals surface area contributed by atoms with Crippen LogP contribution in [0.2, 0.25) is 5.02 Å². The average Bonchev–Trinajstić information content (AvgIpc) is 3.04. The van der Waals surface area contributed by atoms with E-state index in [0.29, 0.717) is 15.8 Å². The summed E-state index contributed by atoms with van der Waals surface area (Å²) in [5, 5.41) is 19.8. The van der Waals surface area contributed by atoms with Crippen LogP contribution in [-0.2, 0) is 6.42 Å². The van der Waals surface area contributed by atoms with E-state index in [4.69, 9.17) is 11.6 Å². The van der Waals surface area contributed by atoms with E-state index in [1.54, 1.807) is 24.3 Å². The second-order valence-corrected chi connectivity index (χ2v) is 6.38. The molecule has 0 unspecified atom stereocenters. The monoisotopic (exact) mass is 377 g/mol. The first-order chi connectivity index (χ1) is 12.0. The van der Waals surface area contributed by atoms with Gasteiger partial charge >= 0.3 is 5.69 Å². The largest absolute Gasteiger partial charge is 0.493 e. The van der Waals surface area contributed by atoms with E-state index in [1.165, 1.54) is 11.3 Å². The number of aromatic hydroxyl groups is 1.